The highest BCUT2D eigenvalue weighted by Gasteiger charge is 2.26. The van der Waals surface area contributed by atoms with Gasteiger partial charge in [0.25, 0.3) is 0 Å². The molecule has 21 heavy (non-hydrogen) atoms. The van der Waals surface area contributed by atoms with Crippen molar-refractivity contribution in [2.45, 2.75) is 36.0 Å². The van der Waals surface area contributed by atoms with E-state index in [1.807, 2.05) is 0 Å². The maximum Gasteiger partial charge on any atom is 0.326 e. The molecule has 2 unspecified atom stereocenters. The number of carboxylic acids is 1. The fourth-order valence-corrected chi connectivity index (χ4v) is 2.46. The summed E-state index contributed by atoms with van der Waals surface area (Å²) in [5.74, 6) is -2.09. The van der Waals surface area contributed by atoms with E-state index >= 15 is 0 Å². The van der Waals surface area contributed by atoms with Gasteiger partial charge in [0.05, 0.1) is 5.25 Å². The molecule has 0 aliphatic heterocycles. The van der Waals surface area contributed by atoms with Gasteiger partial charge in [-0.2, -0.15) is 0 Å². The minimum Gasteiger partial charge on any atom is -0.480 e. The number of hydrogen-bond donors (Lipinski definition) is 2. The molecule has 1 aromatic rings. The summed E-state index contributed by atoms with van der Waals surface area (Å²) >= 11 is 6.92. The number of thioether (sulfide) groups is 1. The van der Waals surface area contributed by atoms with Gasteiger partial charge in [-0.15, -0.1) is 11.8 Å². The Morgan fingerprint density at radius 3 is 2.38 bits per heavy atom. The molecule has 0 saturated carbocycles. The second-order valence-corrected chi connectivity index (χ2v) is 6.09. The lowest BCUT2D eigenvalue weighted by molar-refractivity contribution is -0.142. The van der Waals surface area contributed by atoms with Crippen LogP contribution in [0.2, 0.25) is 5.02 Å². The predicted octanol–water partition coefficient (Wildman–Crippen LogP) is 3.05. The van der Waals surface area contributed by atoms with Crippen molar-refractivity contribution in [3.05, 3.63) is 29.3 Å². The van der Waals surface area contributed by atoms with E-state index < -0.39 is 36.0 Å². The fraction of sp³-hybridized carbons (Fsp3) is 0.385. The molecule has 1 aromatic carbocycles. The molecule has 0 aliphatic rings. The molecule has 4 nitrogen and oxygen atoms in total. The molecule has 2 N–H and O–H groups in total. The summed E-state index contributed by atoms with van der Waals surface area (Å²) < 4.78 is 24.5. The zero-order chi connectivity index (χ0) is 16.0. The van der Waals surface area contributed by atoms with Crippen LogP contribution in [0, 0.1) is 0 Å². The Labute approximate surface area is 129 Å². The first-order chi connectivity index (χ1) is 9.79. The number of aliphatic carboxylic acids is 1. The number of benzene rings is 1. The third-order valence-corrected chi connectivity index (χ3v) is 3.89. The van der Waals surface area contributed by atoms with E-state index in [0.717, 1.165) is 4.90 Å². The van der Waals surface area contributed by atoms with Crippen LogP contribution in [0.1, 0.15) is 13.3 Å². The first kappa shape index (κ1) is 17.7. The molecule has 2 atom stereocenters. The first-order valence-electron chi connectivity index (χ1n) is 6.03. The number of rotatable bonds is 7. The van der Waals surface area contributed by atoms with Crippen LogP contribution in [0.25, 0.3) is 0 Å². The average molecular weight is 338 g/mol. The molecule has 0 heterocycles. The summed E-state index contributed by atoms with van der Waals surface area (Å²) in [7, 11) is 0. The van der Waals surface area contributed by atoms with Gasteiger partial charge in [-0.05, 0) is 31.2 Å². The second kappa shape index (κ2) is 8.19. The van der Waals surface area contributed by atoms with Crippen LogP contribution in [0.4, 0.5) is 8.78 Å². The second-order valence-electron chi connectivity index (χ2n) is 4.24. The van der Waals surface area contributed by atoms with Crippen LogP contribution in [0.5, 0.6) is 0 Å². The zero-order valence-corrected chi connectivity index (χ0v) is 12.6. The van der Waals surface area contributed by atoms with Crippen molar-refractivity contribution in [3.63, 3.8) is 0 Å². The molecule has 1 amide bonds. The van der Waals surface area contributed by atoms with Gasteiger partial charge in [0.2, 0.25) is 12.3 Å². The molecule has 0 spiro atoms. The predicted molar refractivity (Wildman–Crippen MR) is 77.0 cm³/mol. The van der Waals surface area contributed by atoms with E-state index in [9.17, 15) is 18.4 Å². The number of carbonyl (C=O) groups is 2. The van der Waals surface area contributed by atoms with E-state index in [2.05, 4.69) is 5.32 Å². The molecule has 1 rings (SSSR count). The Bertz CT molecular complexity index is 499. The highest BCUT2D eigenvalue weighted by Crippen LogP contribution is 2.24. The number of alkyl halides is 2. The van der Waals surface area contributed by atoms with Crippen molar-refractivity contribution in [2.75, 3.05) is 0 Å². The van der Waals surface area contributed by atoms with Gasteiger partial charge in [-0.3, -0.25) is 4.79 Å². The van der Waals surface area contributed by atoms with Gasteiger partial charge in [0.1, 0.15) is 6.04 Å². The molecular formula is C13H14ClF2NO3S. The topological polar surface area (TPSA) is 66.4 Å². The van der Waals surface area contributed by atoms with Crippen molar-refractivity contribution in [1.29, 1.82) is 0 Å². The van der Waals surface area contributed by atoms with Gasteiger partial charge >= 0.3 is 5.97 Å². The van der Waals surface area contributed by atoms with E-state index in [1.54, 1.807) is 31.2 Å². The summed E-state index contributed by atoms with van der Waals surface area (Å²) in [4.78, 5) is 23.4. The quantitative estimate of drug-likeness (QED) is 0.750. The summed E-state index contributed by atoms with van der Waals surface area (Å²) in [6, 6.07) is 5.15. The number of halogens is 3. The largest absolute Gasteiger partial charge is 0.480 e. The smallest absolute Gasteiger partial charge is 0.326 e. The average Bonchev–Trinajstić information content (AvgIpc) is 2.39. The van der Waals surface area contributed by atoms with E-state index in [1.165, 1.54) is 11.8 Å². The van der Waals surface area contributed by atoms with Crippen LogP contribution >= 0.6 is 23.4 Å². The van der Waals surface area contributed by atoms with Crippen LogP contribution < -0.4 is 5.32 Å². The van der Waals surface area contributed by atoms with Gasteiger partial charge in [0, 0.05) is 16.3 Å². The molecule has 0 aliphatic carbocycles. The molecule has 0 fully saturated rings. The van der Waals surface area contributed by atoms with Crippen molar-refractivity contribution in [3.8, 4) is 0 Å². The third kappa shape index (κ3) is 6.31. The van der Waals surface area contributed by atoms with Gasteiger partial charge < -0.3 is 10.4 Å². The number of carbonyl (C=O) groups excluding carboxylic acids is 1. The summed E-state index contributed by atoms with van der Waals surface area (Å²) in [6.45, 7) is 1.57. The Morgan fingerprint density at radius 2 is 1.90 bits per heavy atom. The summed E-state index contributed by atoms with van der Waals surface area (Å²) in [5.41, 5.74) is 0. The normalized spacial score (nSPS) is 13.8. The lowest BCUT2D eigenvalue weighted by Gasteiger charge is -2.17. The van der Waals surface area contributed by atoms with E-state index in [-0.39, 0.29) is 0 Å². The maximum absolute atomic E-state index is 12.2. The Morgan fingerprint density at radius 1 is 1.33 bits per heavy atom. The standard InChI is InChI=1S/C13H14ClF2NO3S/c1-7(21-9-4-2-8(14)3-5-9)12(18)17-10(13(19)20)6-11(15)16/h2-5,7,10-11H,6H2,1H3,(H,17,18)(H,19,20). The first-order valence-corrected chi connectivity index (χ1v) is 7.29. The molecule has 0 bridgehead atoms. The Kier molecular flexibility index (Phi) is 6.91. The molecule has 0 saturated heterocycles. The van der Waals surface area contributed by atoms with Gasteiger partial charge in [-0.1, -0.05) is 11.6 Å². The summed E-state index contributed by atoms with van der Waals surface area (Å²) in [5, 5.41) is 10.9. The van der Waals surface area contributed by atoms with Crippen molar-refractivity contribution in [1.82, 2.24) is 5.32 Å². The Balaban J connectivity index is 2.60. The number of hydrogen-bond acceptors (Lipinski definition) is 3. The monoisotopic (exact) mass is 337 g/mol. The van der Waals surface area contributed by atoms with E-state index in [0.29, 0.717) is 5.02 Å². The highest BCUT2D eigenvalue weighted by molar-refractivity contribution is 8.00. The van der Waals surface area contributed by atoms with Gasteiger partial charge in [-0.25, -0.2) is 13.6 Å². The fourth-order valence-electron chi connectivity index (χ4n) is 1.46. The molecule has 8 heteroatoms. The minimum atomic E-state index is -2.80. The minimum absolute atomic E-state index is 0.555. The van der Waals surface area contributed by atoms with E-state index in [4.69, 9.17) is 16.7 Å². The highest BCUT2D eigenvalue weighted by atomic mass is 35.5. The molecule has 0 radical (unpaired) electrons. The number of nitrogens with one attached hydrogen (secondary N) is 1. The summed E-state index contributed by atoms with van der Waals surface area (Å²) in [6.07, 6.45) is -3.72. The zero-order valence-electron chi connectivity index (χ0n) is 11.1. The van der Waals surface area contributed by atoms with Crippen molar-refractivity contribution in [2.24, 2.45) is 0 Å². The number of carboxylic acid groups (broad SMARTS) is 1. The van der Waals surface area contributed by atoms with Crippen molar-refractivity contribution >= 4 is 35.2 Å². The third-order valence-electron chi connectivity index (χ3n) is 2.52. The van der Waals surface area contributed by atoms with Gasteiger partial charge in [0.15, 0.2) is 0 Å². The van der Waals surface area contributed by atoms with Crippen molar-refractivity contribution < 1.29 is 23.5 Å². The number of amides is 1. The molecule has 116 valence electrons. The van der Waals surface area contributed by atoms with Crippen LogP contribution in [-0.4, -0.2) is 34.7 Å². The Hall–Kier alpha value is -1.34. The van der Waals surface area contributed by atoms with Crippen LogP contribution in [0.15, 0.2) is 29.2 Å². The molecular weight excluding hydrogens is 324 g/mol. The van der Waals surface area contributed by atoms with Crippen LogP contribution in [0.3, 0.4) is 0 Å². The SMILES string of the molecule is CC(Sc1ccc(Cl)cc1)C(=O)NC(CC(F)F)C(=O)O. The molecule has 0 aromatic heterocycles. The maximum atomic E-state index is 12.2. The van der Waals surface area contributed by atoms with Crippen LogP contribution in [-0.2, 0) is 9.59 Å². The lowest BCUT2D eigenvalue weighted by atomic mass is 10.2. The lowest BCUT2D eigenvalue weighted by Crippen LogP contribution is -2.44.